The summed E-state index contributed by atoms with van der Waals surface area (Å²) in [7, 11) is 0. The molecule has 1 aromatic carbocycles. The predicted molar refractivity (Wildman–Crippen MR) is 71.7 cm³/mol. The van der Waals surface area contributed by atoms with Crippen LogP contribution >= 0.6 is 34.8 Å². The van der Waals surface area contributed by atoms with Crippen LogP contribution in [0.4, 0.5) is 0 Å². The van der Waals surface area contributed by atoms with Gasteiger partial charge in [-0.3, -0.25) is 0 Å². The Bertz CT molecular complexity index is 608. The third-order valence-electron chi connectivity index (χ3n) is 2.33. The van der Waals surface area contributed by atoms with Crippen LogP contribution in [0.25, 0.3) is 11.1 Å². The molecule has 0 aliphatic heterocycles. The first-order valence-electron chi connectivity index (χ1n) is 4.84. The van der Waals surface area contributed by atoms with E-state index in [0.29, 0.717) is 21.2 Å². The molecule has 0 fully saturated rings. The average molecular weight is 303 g/mol. The SMILES string of the molecule is O=C(O)c1cc(Cl)ncc1-c1c(Cl)cccc1Cl. The molecule has 2 rings (SSSR count). The second-order valence-corrected chi connectivity index (χ2v) is 4.66. The van der Waals surface area contributed by atoms with Crippen molar-refractivity contribution in [1.82, 2.24) is 4.98 Å². The maximum absolute atomic E-state index is 11.2. The summed E-state index contributed by atoms with van der Waals surface area (Å²) in [6.07, 6.45) is 1.35. The summed E-state index contributed by atoms with van der Waals surface area (Å²) < 4.78 is 0. The first kappa shape index (κ1) is 13.1. The van der Waals surface area contributed by atoms with Crippen LogP contribution in [0.15, 0.2) is 30.5 Å². The summed E-state index contributed by atoms with van der Waals surface area (Å²) in [5, 5.41) is 9.97. The normalized spacial score (nSPS) is 10.4. The third-order valence-corrected chi connectivity index (χ3v) is 3.17. The van der Waals surface area contributed by atoms with E-state index in [4.69, 9.17) is 39.9 Å². The molecule has 6 heteroatoms. The standard InChI is InChI=1S/C12H6Cl3NO2/c13-8-2-1-3-9(14)11(8)7-5-16-10(15)4-6(7)12(17)18/h1-5H,(H,17,18). The lowest BCUT2D eigenvalue weighted by Crippen LogP contribution is -2.01. The van der Waals surface area contributed by atoms with Gasteiger partial charge in [0.2, 0.25) is 0 Å². The molecule has 1 N–H and O–H groups in total. The van der Waals surface area contributed by atoms with Gasteiger partial charge in [0.25, 0.3) is 0 Å². The van der Waals surface area contributed by atoms with Crippen molar-refractivity contribution in [2.75, 3.05) is 0 Å². The minimum Gasteiger partial charge on any atom is -0.478 e. The van der Waals surface area contributed by atoms with Crippen molar-refractivity contribution in [2.24, 2.45) is 0 Å². The van der Waals surface area contributed by atoms with Gasteiger partial charge in [-0.25, -0.2) is 9.78 Å². The Kier molecular flexibility index (Phi) is 3.76. The highest BCUT2D eigenvalue weighted by atomic mass is 35.5. The Hall–Kier alpha value is -1.29. The van der Waals surface area contributed by atoms with Crippen molar-refractivity contribution >= 4 is 40.8 Å². The highest BCUT2D eigenvalue weighted by Crippen LogP contribution is 2.36. The molecule has 92 valence electrons. The molecule has 0 saturated heterocycles. The third kappa shape index (κ3) is 2.43. The molecule has 0 unspecified atom stereocenters. The molecular formula is C12H6Cl3NO2. The lowest BCUT2D eigenvalue weighted by atomic mass is 10.0. The van der Waals surface area contributed by atoms with E-state index in [0.717, 1.165) is 0 Å². The number of carbonyl (C=O) groups is 1. The van der Waals surface area contributed by atoms with Crippen LogP contribution in [0.5, 0.6) is 0 Å². The van der Waals surface area contributed by atoms with Gasteiger partial charge in [-0.2, -0.15) is 0 Å². The molecule has 0 saturated carbocycles. The maximum Gasteiger partial charge on any atom is 0.336 e. The number of aromatic carboxylic acids is 1. The minimum absolute atomic E-state index is 0.00463. The van der Waals surface area contributed by atoms with Crippen molar-refractivity contribution in [3.8, 4) is 11.1 Å². The molecule has 0 amide bonds. The van der Waals surface area contributed by atoms with E-state index in [9.17, 15) is 4.79 Å². The zero-order chi connectivity index (χ0) is 13.3. The fraction of sp³-hybridized carbons (Fsp3) is 0. The van der Waals surface area contributed by atoms with Crippen LogP contribution < -0.4 is 0 Å². The Morgan fingerprint density at radius 1 is 1.17 bits per heavy atom. The monoisotopic (exact) mass is 301 g/mol. The second-order valence-electron chi connectivity index (χ2n) is 3.45. The number of carboxylic acid groups (broad SMARTS) is 1. The fourth-order valence-corrected chi connectivity index (χ4v) is 2.32. The Balaban J connectivity index is 2.75. The van der Waals surface area contributed by atoms with Crippen LogP contribution in [0.2, 0.25) is 15.2 Å². The van der Waals surface area contributed by atoms with Crippen LogP contribution in [0.1, 0.15) is 10.4 Å². The highest BCUT2D eigenvalue weighted by Gasteiger charge is 2.17. The Morgan fingerprint density at radius 2 is 1.78 bits per heavy atom. The summed E-state index contributed by atoms with van der Waals surface area (Å²) in [4.78, 5) is 15.1. The smallest absolute Gasteiger partial charge is 0.336 e. The number of benzene rings is 1. The van der Waals surface area contributed by atoms with Gasteiger partial charge in [0.1, 0.15) is 5.15 Å². The summed E-state index contributed by atoms with van der Waals surface area (Å²) in [5.74, 6) is -1.12. The molecule has 0 bridgehead atoms. The molecule has 3 nitrogen and oxygen atoms in total. The second kappa shape index (κ2) is 5.14. The first-order chi connectivity index (χ1) is 8.50. The average Bonchev–Trinajstić information content (AvgIpc) is 2.30. The van der Waals surface area contributed by atoms with Crippen LogP contribution in [0, 0.1) is 0 Å². The summed E-state index contributed by atoms with van der Waals surface area (Å²) >= 11 is 17.8. The number of aromatic nitrogens is 1. The lowest BCUT2D eigenvalue weighted by molar-refractivity contribution is 0.0697. The molecular weight excluding hydrogens is 296 g/mol. The quantitative estimate of drug-likeness (QED) is 0.836. The number of rotatable bonds is 2. The van der Waals surface area contributed by atoms with Crippen molar-refractivity contribution in [3.05, 3.63) is 51.2 Å². The van der Waals surface area contributed by atoms with E-state index >= 15 is 0 Å². The zero-order valence-corrected chi connectivity index (χ0v) is 11.1. The number of hydrogen-bond donors (Lipinski definition) is 1. The molecule has 0 atom stereocenters. The Labute approximate surface area is 118 Å². The summed E-state index contributed by atoms with van der Waals surface area (Å²) in [5.41, 5.74) is 0.773. The van der Waals surface area contributed by atoms with Crippen LogP contribution in [-0.4, -0.2) is 16.1 Å². The maximum atomic E-state index is 11.2. The van der Waals surface area contributed by atoms with E-state index in [1.807, 2.05) is 0 Å². The molecule has 0 radical (unpaired) electrons. The van der Waals surface area contributed by atoms with Gasteiger partial charge in [-0.1, -0.05) is 40.9 Å². The molecule has 2 aromatic rings. The Morgan fingerprint density at radius 3 is 2.33 bits per heavy atom. The molecule has 18 heavy (non-hydrogen) atoms. The molecule has 0 aliphatic rings. The first-order valence-corrected chi connectivity index (χ1v) is 5.97. The van der Waals surface area contributed by atoms with Gasteiger partial charge in [-0.15, -0.1) is 0 Å². The van der Waals surface area contributed by atoms with E-state index in [2.05, 4.69) is 4.98 Å². The van der Waals surface area contributed by atoms with Gasteiger partial charge in [0, 0.05) is 27.4 Å². The summed E-state index contributed by atoms with van der Waals surface area (Å²) in [6, 6.07) is 6.20. The lowest BCUT2D eigenvalue weighted by Gasteiger charge is -2.09. The molecule has 0 aliphatic carbocycles. The minimum atomic E-state index is -1.12. The largest absolute Gasteiger partial charge is 0.478 e. The van der Waals surface area contributed by atoms with Gasteiger partial charge in [0.05, 0.1) is 5.56 Å². The number of pyridine rings is 1. The van der Waals surface area contributed by atoms with Gasteiger partial charge in [0.15, 0.2) is 0 Å². The molecule has 1 aromatic heterocycles. The van der Waals surface area contributed by atoms with Crippen LogP contribution in [0.3, 0.4) is 0 Å². The summed E-state index contributed by atoms with van der Waals surface area (Å²) in [6.45, 7) is 0. The number of halogens is 3. The van der Waals surface area contributed by atoms with Gasteiger partial charge in [-0.05, 0) is 18.2 Å². The molecule has 0 spiro atoms. The van der Waals surface area contributed by atoms with Crippen molar-refractivity contribution in [3.63, 3.8) is 0 Å². The van der Waals surface area contributed by atoms with Gasteiger partial charge >= 0.3 is 5.97 Å². The van der Waals surface area contributed by atoms with Crippen molar-refractivity contribution in [2.45, 2.75) is 0 Å². The van der Waals surface area contributed by atoms with E-state index in [1.54, 1.807) is 18.2 Å². The van der Waals surface area contributed by atoms with E-state index in [-0.39, 0.29) is 10.7 Å². The number of nitrogens with zero attached hydrogens (tertiary/aromatic N) is 1. The topological polar surface area (TPSA) is 50.2 Å². The zero-order valence-electron chi connectivity index (χ0n) is 8.82. The predicted octanol–water partition coefficient (Wildman–Crippen LogP) is 4.41. The van der Waals surface area contributed by atoms with Crippen molar-refractivity contribution in [1.29, 1.82) is 0 Å². The van der Waals surface area contributed by atoms with E-state index < -0.39 is 5.97 Å². The van der Waals surface area contributed by atoms with Gasteiger partial charge < -0.3 is 5.11 Å². The number of carboxylic acids is 1. The number of hydrogen-bond acceptors (Lipinski definition) is 2. The van der Waals surface area contributed by atoms with E-state index in [1.165, 1.54) is 12.3 Å². The molecule has 1 heterocycles. The highest BCUT2D eigenvalue weighted by molar-refractivity contribution is 6.39. The van der Waals surface area contributed by atoms with Crippen molar-refractivity contribution < 1.29 is 9.90 Å². The fourth-order valence-electron chi connectivity index (χ4n) is 1.56. The van der Waals surface area contributed by atoms with Crippen LogP contribution in [-0.2, 0) is 0 Å².